The molecule has 1 aromatic carbocycles. The van der Waals surface area contributed by atoms with Crippen LogP contribution < -0.4 is 15.4 Å². The Hall–Kier alpha value is -1.42. The maximum Gasteiger partial charge on any atom is 0.121 e. The van der Waals surface area contributed by atoms with E-state index in [4.69, 9.17) is 15.2 Å². The minimum absolute atomic E-state index is 0.243. The van der Waals surface area contributed by atoms with Crippen LogP contribution in [0.3, 0.4) is 0 Å². The van der Waals surface area contributed by atoms with Crippen molar-refractivity contribution < 1.29 is 9.47 Å². The number of morpholine rings is 1. The molecule has 2 atom stereocenters. The van der Waals surface area contributed by atoms with Gasteiger partial charge < -0.3 is 20.1 Å². The molecule has 4 nitrogen and oxygen atoms in total. The summed E-state index contributed by atoms with van der Waals surface area (Å²) in [6.07, 6.45) is 0.243. The SMILES string of the molecule is COc1ccc(N2CC(C)OCC2C)c(N)c1. The molecule has 0 saturated carbocycles. The molecule has 94 valence electrons. The number of anilines is 2. The summed E-state index contributed by atoms with van der Waals surface area (Å²) >= 11 is 0. The predicted octanol–water partition coefficient (Wildman–Crippen LogP) is 1.89. The van der Waals surface area contributed by atoms with Crippen molar-refractivity contribution >= 4 is 11.4 Å². The zero-order chi connectivity index (χ0) is 12.4. The fourth-order valence-electron chi connectivity index (χ4n) is 2.16. The first-order valence-electron chi connectivity index (χ1n) is 5.93. The first-order valence-corrected chi connectivity index (χ1v) is 5.93. The molecule has 2 N–H and O–H groups in total. The lowest BCUT2D eigenvalue weighted by atomic mass is 10.1. The van der Waals surface area contributed by atoms with E-state index >= 15 is 0 Å². The monoisotopic (exact) mass is 236 g/mol. The zero-order valence-corrected chi connectivity index (χ0v) is 10.6. The molecule has 1 heterocycles. The Morgan fingerprint density at radius 3 is 2.82 bits per heavy atom. The van der Waals surface area contributed by atoms with Crippen LogP contribution in [0.15, 0.2) is 18.2 Å². The van der Waals surface area contributed by atoms with Crippen molar-refractivity contribution in [3.05, 3.63) is 18.2 Å². The second-order valence-corrected chi connectivity index (χ2v) is 4.57. The van der Waals surface area contributed by atoms with Crippen molar-refractivity contribution in [3.8, 4) is 5.75 Å². The Balaban J connectivity index is 2.26. The van der Waals surface area contributed by atoms with Crippen molar-refractivity contribution in [3.63, 3.8) is 0 Å². The van der Waals surface area contributed by atoms with E-state index in [0.29, 0.717) is 6.04 Å². The normalized spacial score (nSPS) is 24.8. The fourth-order valence-corrected chi connectivity index (χ4v) is 2.16. The van der Waals surface area contributed by atoms with E-state index in [-0.39, 0.29) is 6.10 Å². The van der Waals surface area contributed by atoms with Crippen LogP contribution in [0.1, 0.15) is 13.8 Å². The smallest absolute Gasteiger partial charge is 0.121 e. The van der Waals surface area contributed by atoms with Gasteiger partial charge in [0.05, 0.1) is 31.2 Å². The van der Waals surface area contributed by atoms with Gasteiger partial charge in [-0.1, -0.05) is 0 Å². The van der Waals surface area contributed by atoms with Gasteiger partial charge >= 0.3 is 0 Å². The van der Waals surface area contributed by atoms with Gasteiger partial charge in [0, 0.05) is 18.7 Å². The Morgan fingerprint density at radius 1 is 1.41 bits per heavy atom. The van der Waals surface area contributed by atoms with Crippen LogP contribution in [0, 0.1) is 0 Å². The van der Waals surface area contributed by atoms with Crippen molar-refractivity contribution in [2.45, 2.75) is 26.0 Å². The molecule has 1 saturated heterocycles. The van der Waals surface area contributed by atoms with E-state index in [0.717, 1.165) is 30.3 Å². The highest BCUT2D eigenvalue weighted by Gasteiger charge is 2.24. The number of hydrogen-bond donors (Lipinski definition) is 1. The zero-order valence-electron chi connectivity index (χ0n) is 10.6. The van der Waals surface area contributed by atoms with E-state index in [9.17, 15) is 0 Å². The average molecular weight is 236 g/mol. The van der Waals surface area contributed by atoms with Gasteiger partial charge in [-0.25, -0.2) is 0 Å². The molecule has 1 fully saturated rings. The van der Waals surface area contributed by atoms with Crippen LogP contribution in [0.25, 0.3) is 0 Å². The fraction of sp³-hybridized carbons (Fsp3) is 0.538. The summed E-state index contributed by atoms with van der Waals surface area (Å²) in [5.74, 6) is 0.792. The van der Waals surface area contributed by atoms with Crippen LogP contribution in [-0.4, -0.2) is 32.4 Å². The van der Waals surface area contributed by atoms with Crippen LogP contribution >= 0.6 is 0 Å². The molecule has 0 aromatic heterocycles. The molecule has 17 heavy (non-hydrogen) atoms. The highest BCUT2D eigenvalue weighted by molar-refractivity contribution is 5.70. The second-order valence-electron chi connectivity index (χ2n) is 4.57. The average Bonchev–Trinajstić information content (AvgIpc) is 2.32. The summed E-state index contributed by atoms with van der Waals surface area (Å²) in [5.41, 5.74) is 7.89. The summed E-state index contributed by atoms with van der Waals surface area (Å²) in [7, 11) is 1.65. The van der Waals surface area contributed by atoms with Gasteiger partial charge in [-0.05, 0) is 26.0 Å². The minimum atomic E-state index is 0.243. The molecule has 4 heteroatoms. The number of hydrogen-bond acceptors (Lipinski definition) is 4. The van der Waals surface area contributed by atoms with Crippen LogP contribution in [0.2, 0.25) is 0 Å². The molecule has 1 aromatic rings. The maximum atomic E-state index is 6.07. The highest BCUT2D eigenvalue weighted by Crippen LogP contribution is 2.30. The lowest BCUT2D eigenvalue weighted by Gasteiger charge is -2.39. The van der Waals surface area contributed by atoms with E-state index in [1.165, 1.54) is 0 Å². The van der Waals surface area contributed by atoms with Gasteiger partial charge in [-0.15, -0.1) is 0 Å². The Kier molecular flexibility index (Phi) is 3.43. The van der Waals surface area contributed by atoms with Crippen molar-refractivity contribution in [1.82, 2.24) is 0 Å². The van der Waals surface area contributed by atoms with E-state index in [1.54, 1.807) is 7.11 Å². The van der Waals surface area contributed by atoms with Gasteiger partial charge in [0.25, 0.3) is 0 Å². The predicted molar refractivity (Wildman–Crippen MR) is 69.6 cm³/mol. The lowest BCUT2D eigenvalue weighted by Crippen LogP contribution is -2.47. The third-order valence-electron chi connectivity index (χ3n) is 3.15. The summed E-state index contributed by atoms with van der Waals surface area (Å²) in [4.78, 5) is 2.29. The van der Waals surface area contributed by atoms with E-state index < -0.39 is 0 Å². The largest absolute Gasteiger partial charge is 0.497 e. The number of nitrogens with two attached hydrogens (primary N) is 1. The highest BCUT2D eigenvalue weighted by atomic mass is 16.5. The third-order valence-corrected chi connectivity index (χ3v) is 3.15. The summed E-state index contributed by atoms with van der Waals surface area (Å²) in [6, 6.07) is 6.17. The molecular weight excluding hydrogens is 216 g/mol. The van der Waals surface area contributed by atoms with Crippen molar-refractivity contribution in [1.29, 1.82) is 0 Å². The van der Waals surface area contributed by atoms with Crippen LogP contribution in [0.5, 0.6) is 5.75 Å². The molecule has 2 unspecified atom stereocenters. The number of benzene rings is 1. The Morgan fingerprint density at radius 2 is 2.18 bits per heavy atom. The van der Waals surface area contributed by atoms with Gasteiger partial charge in [-0.3, -0.25) is 0 Å². The van der Waals surface area contributed by atoms with E-state index in [1.807, 2.05) is 18.2 Å². The first-order chi connectivity index (χ1) is 8.11. The number of nitrogen functional groups attached to an aromatic ring is 1. The van der Waals surface area contributed by atoms with E-state index in [2.05, 4.69) is 18.7 Å². The standard InChI is InChI=1S/C13H20N2O2/c1-9-8-17-10(2)7-15(9)13-5-4-11(16-3)6-12(13)14/h4-6,9-10H,7-8,14H2,1-3H3. The molecule has 0 aliphatic carbocycles. The first kappa shape index (κ1) is 12.0. The van der Waals surface area contributed by atoms with Gasteiger partial charge in [0.15, 0.2) is 0 Å². The topological polar surface area (TPSA) is 47.7 Å². The number of ether oxygens (including phenoxy) is 2. The molecule has 1 aliphatic rings. The quantitative estimate of drug-likeness (QED) is 0.797. The molecule has 0 amide bonds. The minimum Gasteiger partial charge on any atom is -0.497 e. The van der Waals surface area contributed by atoms with Gasteiger partial charge in [-0.2, -0.15) is 0 Å². The molecule has 2 rings (SSSR count). The third kappa shape index (κ3) is 2.47. The number of nitrogens with zero attached hydrogens (tertiary/aromatic N) is 1. The Bertz CT molecular complexity index is 395. The van der Waals surface area contributed by atoms with Crippen molar-refractivity contribution in [2.24, 2.45) is 0 Å². The molecule has 0 spiro atoms. The van der Waals surface area contributed by atoms with Crippen LogP contribution in [0.4, 0.5) is 11.4 Å². The summed E-state index contributed by atoms with van der Waals surface area (Å²) in [6.45, 7) is 5.85. The number of methoxy groups -OCH3 is 1. The molecule has 1 aliphatic heterocycles. The second kappa shape index (κ2) is 4.84. The summed E-state index contributed by atoms with van der Waals surface area (Å²) < 4.78 is 10.8. The maximum absolute atomic E-state index is 6.07. The van der Waals surface area contributed by atoms with Gasteiger partial charge in [0.1, 0.15) is 5.75 Å². The molecular formula is C13H20N2O2. The lowest BCUT2D eigenvalue weighted by molar-refractivity contribution is 0.0344. The number of rotatable bonds is 2. The Labute approximate surface area is 102 Å². The van der Waals surface area contributed by atoms with Crippen LogP contribution in [-0.2, 0) is 4.74 Å². The molecule has 0 radical (unpaired) electrons. The molecule has 0 bridgehead atoms. The van der Waals surface area contributed by atoms with Gasteiger partial charge in [0.2, 0.25) is 0 Å². The summed E-state index contributed by atoms with van der Waals surface area (Å²) in [5, 5.41) is 0. The van der Waals surface area contributed by atoms with Crippen molar-refractivity contribution in [2.75, 3.05) is 30.9 Å².